The van der Waals surface area contributed by atoms with Crippen LogP contribution >= 0.6 is 0 Å². The van der Waals surface area contributed by atoms with E-state index in [2.05, 4.69) is 120 Å². The standard InChI is InChI=1S/C33H45FN18O14.C20H29N7O10.C15H21FN12O5/c1-7-18-26(65-32-23(46-52-40)28(59-14(5)55)27(58-13(4)54)20(63-32)10-42-48-36)30(60-15(6)56)33(61-18)66-29-24(57-12(3)53)16(43-49-37)8-17(44-50-38)25(29)64-31-22(45-51-39)21(34)11(2)19(62-31)9-41-47-35;1-6-12-15(18(34-11(5)30)20(35-12)31-8(2)21)37-19-14(25-27-23)17(33-10(4)29)16(32-9(3)28)13(36-19)7-24-26-22;1-5-9(4-21-25-17)32-15(11(10(5)16)24-28-20)33-14-8(23-27-19)3-7(22-26-18)13(12(14)30)31-6(2)29/h11,16-33H,7-10H2,1-6H3;12-21H,6-7H2,1-5H3;5,7-15,30H,3-4H2,1-2H3/t11-,16+,17-,18+,19+,20-,21-,22+,23+,24-,25+,26+,27+,28+,29+,30+,31+,32+,33-;12-,13+,14-,15-,16-,17-,18-,19-,20?;5-,7+,8-,9+,10-,11+,12+,13-,14+,15+/m010/s1. The van der Waals surface area contributed by atoms with Crippen molar-refractivity contribution >= 4 is 53.7 Å². The van der Waals surface area contributed by atoms with E-state index in [-0.39, 0.29) is 38.2 Å². The van der Waals surface area contributed by atoms with Gasteiger partial charge in [-0.15, -0.1) is 0 Å². The van der Waals surface area contributed by atoms with E-state index in [4.69, 9.17) is 139 Å². The van der Waals surface area contributed by atoms with Crippen molar-refractivity contribution in [1.82, 2.24) is 0 Å². The predicted molar refractivity (Wildman–Crippen MR) is 439 cm³/mol. The molecule has 8 aliphatic rings. The van der Waals surface area contributed by atoms with E-state index < -0.39 is 293 Å². The Hall–Kier alpha value is -13.7. The van der Waals surface area contributed by atoms with E-state index in [1.165, 1.54) is 27.7 Å². The van der Waals surface area contributed by atoms with Gasteiger partial charge in [0.05, 0.1) is 87.0 Å². The predicted octanol–water partition coefficient (Wildman–Crippen LogP) is 10.3. The first kappa shape index (κ1) is 111. The molecule has 1 unspecified atom stereocenters. The first-order valence-electron chi connectivity index (χ1n) is 41.0. The average molecular weight is 1930 g/mol. The van der Waals surface area contributed by atoms with Gasteiger partial charge in [0.15, 0.2) is 74.0 Å². The highest BCUT2D eigenvalue weighted by Crippen LogP contribution is 2.44. The minimum absolute atomic E-state index is 0.0415. The van der Waals surface area contributed by atoms with E-state index in [9.17, 15) is 71.1 Å². The van der Waals surface area contributed by atoms with Crippen LogP contribution in [0.3, 0.4) is 0 Å². The molecule has 2 saturated carbocycles. The highest BCUT2D eigenvalue weighted by Gasteiger charge is 2.61. The van der Waals surface area contributed by atoms with Crippen LogP contribution in [0, 0.1) is 17.2 Å². The first-order chi connectivity index (χ1) is 64.9. The zero-order valence-corrected chi connectivity index (χ0v) is 74.3. The summed E-state index contributed by atoms with van der Waals surface area (Å²) < 4.78 is 146. The van der Waals surface area contributed by atoms with Gasteiger partial charge in [-0.25, -0.2) is 8.78 Å². The van der Waals surface area contributed by atoms with Crippen molar-refractivity contribution in [3.8, 4) is 0 Å². The Morgan fingerprint density at radius 2 is 0.559 bits per heavy atom. The van der Waals surface area contributed by atoms with Crippen LogP contribution in [0.1, 0.15) is 116 Å². The van der Waals surface area contributed by atoms with Gasteiger partial charge in [0.2, 0.25) is 6.29 Å². The number of carbonyl (C=O) groups is 8. The van der Waals surface area contributed by atoms with Gasteiger partial charge in [0, 0.05) is 133 Å². The lowest BCUT2D eigenvalue weighted by molar-refractivity contribution is -0.299. The van der Waals surface area contributed by atoms with Crippen molar-refractivity contribution in [2.45, 2.75) is 336 Å². The van der Waals surface area contributed by atoms with Gasteiger partial charge in [-0.2, -0.15) is 0 Å². The number of nitrogens with zero attached hydrogens (tertiary/aromatic N) is 36. The molecule has 0 radical (unpaired) electrons. The van der Waals surface area contributed by atoms with Gasteiger partial charge in [-0.3, -0.25) is 43.8 Å². The van der Waals surface area contributed by atoms with Crippen LogP contribution < -0.4 is 0 Å². The fourth-order valence-corrected chi connectivity index (χ4v) is 15.9. The minimum Gasteiger partial charge on any atom is -0.459 e. The highest BCUT2D eigenvalue weighted by atomic mass is 19.1. The number of aliphatic hydroxyl groups is 1. The molecule has 0 bridgehead atoms. The summed E-state index contributed by atoms with van der Waals surface area (Å²) in [6.07, 6.45) is -40.9. The van der Waals surface area contributed by atoms with E-state index in [1.54, 1.807) is 13.8 Å². The van der Waals surface area contributed by atoms with Gasteiger partial charge in [-0.05, 0) is 92.1 Å². The number of alkyl halides is 2. The summed E-state index contributed by atoms with van der Waals surface area (Å²) in [5.41, 5.74) is 110. The fraction of sp³-hybridized carbons (Fsp3) is 0.868. The van der Waals surface area contributed by atoms with Crippen molar-refractivity contribution in [3.63, 3.8) is 0 Å². The van der Waals surface area contributed by atoms with Crippen LogP contribution in [0.25, 0.3) is 125 Å². The van der Waals surface area contributed by atoms with Gasteiger partial charge in [-0.1, -0.05) is 89.1 Å². The third-order valence-corrected chi connectivity index (χ3v) is 21.4. The second kappa shape index (κ2) is 54.6. The first-order valence-corrected chi connectivity index (χ1v) is 41.0. The maximum Gasteiger partial charge on any atom is 0.303 e. The van der Waals surface area contributed by atoms with E-state index in [1.807, 2.05) is 0 Å². The summed E-state index contributed by atoms with van der Waals surface area (Å²) in [7, 11) is 0. The maximum absolute atomic E-state index is 16.0. The lowest BCUT2D eigenvalue weighted by Crippen LogP contribution is -2.63. The summed E-state index contributed by atoms with van der Waals surface area (Å²) in [6.45, 7) is 14.6. The van der Waals surface area contributed by atoms with Crippen LogP contribution in [0.5, 0.6) is 0 Å². The van der Waals surface area contributed by atoms with Crippen molar-refractivity contribution in [2.24, 2.45) is 73.2 Å². The van der Waals surface area contributed by atoms with E-state index in [0.29, 0.717) is 6.42 Å². The SMILES string of the molecule is CC(=O)O[C@@H]1[C@@H](O)[C@H](O[C@H]2O[C@H](CN=[N+]=[N-])[C@H](C)[C@H](F)[C@H]2N=[N+]=[N-])[C@@H](N=[N+]=[N-])C[C@H]1N=[N+]=[N-].CC[C@H]1OC(OC(C)=N)[C@H](OC(C)=O)[C@@H]1O[C@H]1O[C@@H](CN=[N+]=[N-])[C@@H](OC(C)=O)[C@H](OC(C)=O)[C@H]1N=[N+]=[N-].CC[C@H]1O[C@@H](O[C@@H]2[C@@H](OC(C)=O)[C@H](N=[N+]=[N-])C[C@H](N=[N+]=[N-])[C@H]2O[C@H]2O[C@H](CN=[N+]=[N-])[C@H](C)[C@H](F)[C@H]2N=[N+]=[N-])[C@H](OC(C)=O)[C@@H]1O[C@H]1O[C@@H](CN=[N+]=[N-])[C@@H](OC(C)=O)[C@H](OC(C)=O)[C@H]1N=[N+]=[N-]. The summed E-state index contributed by atoms with van der Waals surface area (Å²) in [6, 6.07) is -11.3. The fourth-order valence-electron chi connectivity index (χ4n) is 15.9. The van der Waals surface area contributed by atoms with Crippen LogP contribution in [-0.4, -0.2) is 305 Å². The Balaban J connectivity index is 0.000000342. The van der Waals surface area contributed by atoms with Gasteiger partial charge in [0.1, 0.15) is 85.3 Å². The number of aliphatic hydroxyl groups excluding tert-OH is 1. The Kier molecular flexibility index (Phi) is 44.6. The minimum atomic E-state index is -1.97. The molecular formula is C68H95F2N37O29. The number of azide groups is 12. The molecule has 0 aromatic rings. The number of nitrogens with one attached hydrogen (secondary N) is 1. The summed E-state index contributed by atoms with van der Waals surface area (Å²) in [5.74, 6) is -8.75. The maximum atomic E-state index is 16.0. The number of hydrogen-bond acceptors (Lipinski definition) is 42. The summed E-state index contributed by atoms with van der Waals surface area (Å²) >= 11 is 0. The van der Waals surface area contributed by atoms with Crippen LogP contribution in [0.2, 0.25) is 0 Å². The average Bonchev–Trinajstić information content (AvgIpc) is 1.63. The third-order valence-electron chi connectivity index (χ3n) is 21.4. The van der Waals surface area contributed by atoms with Gasteiger partial charge >= 0.3 is 47.8 Å². The van der Waals surface area contributed by atoms with Gasteiger partial charge < -0.3 is 99.8 Å². The lowest BCUT2D eigenvalue weighted by atomic mass is 9.83. The number of esters is 8. The Bertz CT molecular complexity index is 4840. The molecule has 68 heteroatoms. The number of halogens is 2. The molecule has 6 saturated heterocycles. The van der Waals surface area contributed by atoms with Crippen LogP contribution in [-0.2, 0) is 133 Å². The van der Waals surface area contributed by atoms with Crippen LogP contribution in [0.4, 0.5) is 8.78 Å². The zero-order chi connectivity index (χ0) is 101. The molecule has 0 spiro atoms. The topological polar surface area (TPSA) is 950 Å². The smallest absolute Gasteiger partial charge is 0.303 e. The van der Waals surface area contributed by atoms with Crippen molar-refractivity contribution < 1.29 is 147 Å². The third kappa shape index (κ3) is 30.2. The molecule has 0 aromatic heterocycles. The van der Waals surface area contributed by atoms with Crippen molar-refractivity contribution in [3.05, 3.63) is 125 Å². The monoisotopic (exact) mass is 1930 g/mol. The molecule has 38 atom stereocenters. The van der Waals surface area contributed by atoms with Crippen molar-refractivity contribution in [1.29, 1.82) is 5.41 Å². The number of ether oxygens (including phenoxy) is 20. The molecule has 6 heterocycles. The number of hydrogen-bond donors (Lipinski definition) is 2. The largest absolute Gasteiger partial charge is 0.459 e. The molecule has 8 fully saturated rings. The highest BCUT2D eigenvalue weighted by molar-refractivity contribution is 5.70. The molecule has 136 heavy (non-hydrogen) atoms. The summed E-state index contributed by atoms with van der Waals surface area (Å²) in [4.78, 5) is 130. The second-order valence-electron chi connectivity index (χ2n) is 30.4. The zero-order valence-electron chi connectivity index (χ0n) is 74.3. The molecule has 740 valence electrons. The lowest BCUT2D eigenvalue weighted by Gasteiger charge is -2.47. The summed E-state index contributed by atoms with van der Waals surface area (Å²) in [5, 5.41) is 61.2. The van der Waals surface area contributed by atoms with E-state index >= 15 is 8.78 Å². The van der Waals surface area contributed by atoms with E-state index in [0.717, 1.165) is 48.5 Å². The quantitative estimate of drug-likeness (QED) is 0.0111. The molecule has 2 aliphatic carbocycles. The molecule has 66 nitrogen and oxygen atoms in total. The van der Waals surface area contributed by atoms with Gasteiger partial charge in [0.25, 0.3) is 0 Å². The molecule has 0 amide bonds. The molecule has 0 aromatic carbocycles. The Labute approximate surface area is 764 Å². The van der Waals surface area contributed by atoms with Crippen LogP contribution in [0.15, 0.2) is 61.4 Å². The Morgan fingerprint density at radius 1 is 0.301 bits per heavy atom. The number of rotatable bonds is 37. The second-order valence-corrected chi connectivity index (χ2v) is 30.4. The number of carbonyl (C=O) groups excluding carboxylic acids is 8. The Morgan fingerprint density at radius 3 is 0.904 bits per heavy atom. The molecule has 8 rings (SSSR count). The molecular weight excluding hydrogens is 1840 g/mol. The molecule has 2 N–H and O–H groups in total. The normalized spacial score (nSPS) is 36.0. The van der Waals surface area contributed by atoms with Crippen molar-refractivity contribution in [2.75, 3.05) is 26.2 Å². The molecule has 6 aliphatic heterocycles.